The highest BCUT2D eigenvalue weighted by molar-refractivity contribution is 7.52. The maximum atomic E-state index is 14.0. The standard InChI is InChI=1S/C29H43N6O8P/c1-7-20(8-2)16-40-28(38)19(3)34-44(39,43-21-12-10-9-11-13-21)41-17-23-25(36)26(37)29(42-23,18-31-4)24-15-14-22(27(30)32-5)35(24)33-6/h9-15,18-20,23,25-26,36-37H,6-8,16-17H2,1-5H3,(H2,30,32)(H,34,39)/t19-,23?,25+,26+,29-,44?/m0/s1. The molecule has 15 heteroatoms. The topological polar surface area (TPSA) is 192 Å². The van der Waals surface area contributed by atoms with Crippen LogP contribution < -0.4 is 15.3 Å². The smallest absolute Gasteiger partial charge is 0.459 e. The number of aliphatic imine (C=N–C) groups is 2. The number of carbonyl (C=O) groups is 1. The highest BCUT2D eigenvalue weighted by atomic mass is 31.2. The van der Waals surface area contributed by atoms with Gasteiger partial charge in [0.25, 0.3) is 0 Å². The molecule has 0 bridgehead atoms. The molecule has 1 aliphatic heterocycles. The molecule has 1 aromatic carbocycles. The minimum absolute atomic E-state index is 0.151. The molecule has 0 amide bonds. The Kier molecular flexibility index (Phi) is 12.4. The highest BCUT2D eigenvalue weighted by Crippen LogP contribution is 2.47. The lowest BCUT2D eigenvalue weighted by molar-refractivity contribution is -0.146. The lowest BCUT2D eigenvalue weighted by Gasteiger charge is -2.29. The molecule has 2 heterocycles. The molecule has 1 aromatic heterocycles. The lowest BCUT2D eigenvalue weighted by atomic mass is 9.92. The van der Waals surface area contributed by atoms with Crippen molar-refractivity contribution in [3.05, 3.63) is 53.9 Å². The van der Waals surface area contributed by atoms with E-state index in [1.807, 2.05) is 13.8 Å². The summed E-state index contributed by atoms with van der Waals surface area (Å²) in [6, 6.07) is 10.4. The first kappa shape index (κ1) is 35.1. The van der Waals surface area contributed by atoms with Gasteiger partial charge in [0.1, 0.15) is 41.6 Å². The summed E-state index contributed by atoms with van der Waals surface area (Å²) >= 11 is 0. The number of aromatic nitrogens is 1. The van der Waals surface area contributed by atoms with E-state index in [2.05, 4.69) is 26.9 Å². The van der Waals surface area contributed by atoms with Crippen LogP contribution in [0.3, 0.4) is 0 Å². The number of hydrogen-bond donors (Lipinski definition) is 4. The van der Waals surface area contributed by atoms with Gasteiger partial charge in [-0.15, -0.1) is 0 Å². The molecule has 2 unspecified atom stereocenters. The molecule has 3 rings (SSSR count). The first-order valence-electron chi connectivity index (χ1n) is 14.3. The Labute approximate surface area is 257 Å². The number of rotatable bonds is 16. The van der Waals surface area contributed by atoms with Crippen molar-refractivity contribution in [3.63, 3.8) is 0 Å². The fourth-order valence-corrected chi connectivity index (χ4v) is 6.26. The van der Waals surface area contributed by atoms with Gasteiger partial charge in [-0.05, 0) is 37.1 Å². The number of aliphatic hydroxyl groups is 2. The first-order valence-corrected chi connectivity index (χ1v) is 15.9. The molecule has 14 nitrogen and oxygen atoms in total. The van der Waals surface area contributed by atoms with Crippen LogP contribution in [-0.4, -0.2) is 91.3 Å². The average Bonchev–Trinajstić information content (AvgIpc) is 3.56. The van der Waals surface area contributed by atoms with Crippen LogP contribution in [0.2, 0.25) is 0 Å². The van der Waals surface area contributed by atoms with Gasteiger partial charge in [-0.3, -0.25) is 19.3 Å². The summed E-state index contributed by atoms with van der Waals surface area (Å²) in [5.41, 5.74) is 4.91. The summed E-state index contributed by atoms with van der Waals surface area (Å²) in [5, 5.41) is 29.0. The summed E-state index contributed by atoms with van der Waals surface area (Å²) in [6.45, 7) is 8.79. The Morgan fingerprint density at radius 3 is 2.50 bits per heavy atom. The minimum Gasteiger partial charge on any atom is -0.464 e. The zero-order valence-electron chi connectivity index (χ0n) is 25.7. The van der Waals surface area contributed by atoms with E-state index in [1.165, 1.54) is 31.9 Å². The third-order valence-electron chi connectivity index (χ3n) is 7.41. The number of benzene rings is 1. The van der Waals surface area contributed by atoms with Gasteiger partial charge in [-0.2, -0.15) is 10.2 Å². The molecular weight excluding hydrogens is 591 g/mol. The van der Waals surface area contributed by atoms with Gasteiger partial charge in [-0.1, -0.05) is 44.9 Å². The number of nitrogens with two attached hydrogens (primary N) is 1. The van der Waals surface area contributed by atoms with Crippen molar-refractivity contribution in [2.24, 2.45) is 26.7 Å². The highest BCUT2D eigenvalue weighted by Gasteiger charge is 2.56. The van der Waals surface area contributed by atoms with Crippen LogP contribution >= 0.6 is 7.75 Å². The van der Waals surface area contributed by atoms with Crippen LogP contribution in [0.15, 0.2) is 57.6 Å². The molecule has 44 heavy (non-hydrogen) atoms. The molecule has 0 saturated carbocycles. The maximum Gasteiger partial charge on any atom is 0.459 e. The second-order valence-electron chi connectivity index (χ2n) is 10.3. The van der Waals surface area contributed by atoms with Crippen LogP contribution in [0.4, 0.5) is 0 Å². The fraction of sp³-hybridized carbons (Fsp3) is 0.517. The van der Waals surface area contributed by atoms with Crippen LogP contribution in [0.1, 0.15) is 45.0 Å². The van der Waals surface area contributed by atoms with E-state index in [4.69, 9.17) is 24.3 Å². The van der Waals surface area contributed by atoms with E-state index in [-0.39, 0.29) is 29.8 Å². The number of amidine groups is 1. The molecule has 0 radical (unpaired) electrons. The third kappa shape index (κ3) is 7.81. The van der Waals surface area contributed by atoms with Crippen LogP contribution in [0.5, 0.6) is 5.75 Å². The number of carbonyl (C=O) groups excluding carboxylic acids is 1. The van der Waals surface area contributed by atoms with Crippen molar-refractivity contribution in [3.8, 4) is 5.75 Å². The van der Waals surface area contributed by atoms with Gasteiger partial charge in [0.2, 0.25) is 0 Å². The number of nitrogens with one attached hydrogen (secondary N) is 1. The average molecular weight is 635 g/mol. The predicted octanol–water partition coefficient (Wildman–Crippen LogP) is 2.46. The Hall–Kier alpha value is -3.39. The number of aliphatic hydroxyl groups excluding tert-OH is 2. The number of hydrogen-bond acceptors (Lipinski definition) is 11. The van der Waals surface area contributed by atoms with Crippen molar-refractivity contribution in [2.45, 2.75) is 63.6 Å². The van der Waals surface area contributed by atoms with Crippen molar-refractivity contribution in [1.82, 2.24) is 9.76 Å². The summed E-state index contributed by atoms with van der Waals surface area (Å²) < 4.78 is 38.4. The lowest BCUT2D eigenvalue weighted by Crippen LogP contribution is -2.43. The van der Waals surface area contributed by atoms with Crippen LogP contribution in [0.25, 0.3) is 0 Å². The van der Waals surface area contributed by atoms with E-state index in [0.29, 0.717) is 5.69 Å². The first-order chi connectivity index (χ1) is 21.0. The Balaban J connectivity index is 1.87. The summed E-state index contributed by atoms with van der Waals surface area (Å²) in [7, 11) is -1.31. The van der Waals surface area contributed by atoms with Gasteiger partial charge < -0.3 is 29.9 Å². The normalized spacial score (nSPS) is 24.4. The van der Waals surface area contributed by atoms with Crippen LogP contribution in [-0.2, 0) is 29.0 Å². The van der Waals surface area contributed by atoms with Gasteiger partial charge in [0, 0.05) is 27.0 Å². The van der Waals surface area contributed by atoms with Gasteiger partial charge >= 0.3 is 13.7 Å². The fourth-order valence-electron chi connectivity index (χ4n) is 4.76. The van der Waals surface area contributed by atoms with E-state index in [1.54, 1.807) is 42.5 Å². The molecule has 1 aliphatic rings. The van der Waals surface area contributed by atoms with Gasteiger partial charge in [-0.25, -0.2) is 9.24 Å². The molecule has 1 saturated heterocycles. The van der Waals surface area contributed by atoms with Crippen molar-refractivity contribution >= 4 is 32.5 Å². The predicted molar refractivity (Wildman–Crippen MR) is 167 cm³/mol. The molecule has 0 spiro atoms. The molecule has 1 fully saturated rings. The van der Waals surface area contributed by atoms with E-state index < -0.39 is 50.3 Å². The third-order valence-corrected chi connectivity index (χ3v) is 9.05. The molecule has 6 atom stereocenters. The number of para-hydroxylation sites is 1. The summed E-state index contributed by atoms with van der Waals surface area (Å²) in [6.07, 6.45) is -1.32. The van der Waals surface area contributed by atoms with E-state index in [9.17, 15) is 19.6 Å². The Bertz CT molecular complexity index is 1360. The minimum atomic E-state index is -4.29. The summed E-state index contributed by atoms with van der Waals surface area (Å²) in [4.78, 5) is 20.8. The van der Waals surface area contributed by atoms with Crippen molar-refractivity contribution < 1.29 is 38.1 Å². The zero-order valence-corrected chi connectivity index (χ0v) is 26.6. The molecule has 2 aromatic rings. The molecular formula is C29H43N6O8P. The molecule has 242 valence electrons. The van der Waals surface area contributed by atoms with E-state index >= 15 is 0 Å². The zero-order chi connectivity index (χ0) is 32.5. The van der Waals surface area contributed by atoms with Crippen molar-refractivity contribution in [2.75, 3.05) is 27.3 Å². The Morgan fingerprint density at radius 1 is 1.23 bits per heavy atom. The van der Waals surface area contributed by atoms with Gasteiger partial charge in [0.05, 0.1) is 18.9 Å². The van der Waals surface area contributed by atoms with Crippen LogP contribution in [0, 0.1) is 5.92 Å². The molecule has 5 N–H and O–H groups in total. The summed E-state index contributed by atoms with van der Waals surface area (Å²) in [5.74, 6) is -0.0727. The molecule has 0 aliphatic carbocycles. The van der Waals surface area contributed by atoms with E-state index in [0.717, 1.165) is 12.8 Å². The van der Waals surface area contributed by atoms with Gasteiger partial charge in [0.15, 0.2) is 5.60 Å². The second kappa shape index (κ2) is 15.6. The largest absolute Gasteiger partial charge is 0.464 e. The maximum absolute atomic E-state index is 14.0. The second-order valence-corrected chi connectivity index (χ2v) is 12.0. The number of ether oxygens (including phenoxy) is 2. The number of nitrogens with zero attached hydrogens (tertiary/aromatic N) is 4. The quantitative estimate of drug-likeness (QED) is 0.0923. The SMILES string of the molecule is C=Nn1c(/C(N)=N\C)ccc1[C@]1(C=NC)OC(COP(=O)(N[C@@H](C)C(=O)OCC(CC)CC)Oc2ccccc2)[C@@H](O)[C@H]1O. The number of esters is 1. The van der Waals surface area contributed by atoms with Crippen molar-refractivity contribution in [1.29, 1.82) is 0 Å². The monoisotopic (exact) mass is 634 g/mol. The Morgan fingerprint density at radius 2 is 1.91 bits per heavy atom.